The fraction of sp³-hybridized carbons (Fsp3) is 0.562. The normalized spacial score (nSPS) is 27.5. The first-order valence-electron chi connectivity index (χ1n) is 17.0. The highest BCUT2D eigenvalue weighted by Crippen LogP contribution is 2.33. The lowest BCUT2D eigenvalue weighted by Gasteiger charge is -2.21. The van der Waals surface area contributed by atoms with E-state index in [-0.39, 0.29) is 36.0 Å². The molecular formula is C32H38N6O17. The van der Waals surface area contributed by atoms with E-state index in [2.05, 4.69) is 15.0 Å². The maximum atomic E-state index is 12.9. The Labute approximate surface area is 306 Å². The quantitative estimate of drug-likeness (QED) is 0.137. The first-order chi connectivity index (χ1) is 26.1. The van der Waals surface area contributed by atoms with E-state index in [1.54, 1.807) is 0 Å². The number of ether oxygens (including phenoxy) is 7. The van der Waals surface area contributed by atoms with Gasteiger partial charge in [0.1, 0.15) is 62.4 Å². The molecule has 3 aromatic heterocycles. The Hall–Kier alpha value is -5.62. The van der Waals surface area contributed by atoms with Gasteiger partial charge in [-0.1, -0.05) is 0 Å². The van der Waals surface area contributed by atoms with Crippen molar-refractivity contribution in [2.45, 2.75) is 95.3 Å². The second kappa shape index (κ2) is 16.0. The largest absolute Gasteiger partial charge is 0.508 e. The number of nitrogens with zero attached hydrogens (tertiary/aromatic N) is 3. The molecule has 5 N–H and O–H groups in total. The zero-order valence-corrected chi connectivity index (χ0v) is 29.5. The van der Waals surface area contributed by atoms with Crippen LogP contribution >= 0.6 is 0 Å². The zero-order chi connectivity index (χ0) is 39.7. The molecule has 3 saturated heterocycles. The molecule has 23 heteroatoms. The van der Waals surface area contributed by atoms with Crippen molar-refractivity contribution < 1.29 is 53.0 Å². The lowest BCUT2D eigenvalue weighted by Crippen LogP contribution is -2.35. The third-order valence-corrected chi connectivity index (χ3v) is 9.34. The average molecular weight is 779 g/mol. The second-order valence-electron chi connectivity index (χ2n) is 13.2. The zero-order valence-electron chi connectivity index (χ0n) is 29.5. The highest BCUT2D eigenvalue weighted by Gasteiger charge is 2.43. The summed E-state index contributed by atoms with van der Waals surface area (Å²) >= 11 is 0. The summed E-state index contributed by atoms with van der Waals surface area (Å²) in [5.41, 5.74) is -3.53. The van der Waals surface area contributed by atoms with Gasteiger partial charge in [-0.05, 0) is 20.8 Å². The van der Waals surface area contributed by atoms with Crippen LogP contribution < -0.4 is 33.7 Å². The van der Waals surface area contributed by atoms with Crippen molar-refractivity contribution in [3.63, 3.8) is 0 Å². The molecule has 0 radical (unpaired) electrons. The summed E-state index contributed by atoms with van der Waals surface area (Å²) in [5, 5.41) is 20.4. The Morgan fingerprint density at radius 1 is 0.636 bits per heavy atom. The Balaban J connectivity index is 1.09. The predicted octanol–water partition coefficient (Wildman–Crippen LogP) is -2.18. The van der Waals surface area contributed by atoms with E-state index >= 15 is 0 Å². The molecule has 6 rings (SSSR count). The van der Waals surface area contributed by atoms with Gasteiger partial charge in [0, 0.05) is 54.5 Å². The van der Waals surface area contributed by atoms with Crippen LogP contribution in [-0.2, 0) is 33.2 Å². The van der Waals surface area contributed by atoms with E-state index in [9.17, 15) is 48.6 Å². The molecule has 3 aromatic rings. The Morgan fingerprint density at radius 3 is 1.44 bits per heavy atom. The number of aromatic amines is 3. The first kappa shape index (κ1) is 39.1. The standard InChI is InChI=1S/C32H38N6O17/c1-13-7-36(28(44)33-25(13)41)22-4-16(40)20(52-22)11-49-31(47)55-18-6-24(38-9-15(3)27(43)35-30(38)46)53-21(18)12-50-32(48)54-17-5-23(51-19(17)10-39)37-8-14(2)26(42)34-29(37)45/h7-9,16-24,39-40H,4-6,10-12H2,1-3H3,(H,33,41,44)(H,34,42,45)(H,35,43,46)/t16-,17-,18-,19+,20+,21+,22+,23+,24+/m0/s1. The minimum Gasteiger partial charge on any atom is -0.431 e. The Bertz CT molecular complexity index is 2290. The van der Waals surface area contributed by atoms with Crippen LogP contribution in [0.4, 0.5) is 9.59 Å². The van der Waals surface area contributed by atoms with Crippen LogP contribution in [0.15, 0.2) is 47.4 Å². The number of aryl methyl sites for hydroxylation is 3. The van der Waals surface area contributed by atoms with Crippen LogP contribution in [0.25, 0.3) is 0 Å². The number of aliphatic hydroxyl groups excluding tert-OH is 2. The summed E-state index contributed by atoms with van der Waals surface area (Å²) in [5.74, 6) is 0. The van der Waals surface area contributed by atoms with Gasteiger partial charge in [0.15, 0.2) is 0 Å². The molecule has 3 aliphatic rings. The molecule has 0 aliphatic carbocycles. The number of nitrogens with one attached hydrogen (secondary N) is 3. The third kappa shape index (κ3) is 8.54. The minimum atomic E-state index is -1.25. The number of aliphatic hydroxyl groups is 2. The highest BCUT2D eigenvalue weighted by molar-refractivity contribution is 5.61. The lowest BCUT2D eigenvalue weighted by atomic mass is 10.2. The molecule has 23 nitrogen and oxygen atoms in total. The summed E-state index contributed by atoms with van der Waals surface area (Å²) in [6.07, 6.45) is -9.00. The van der Waals surface area contributed by atoms with Crippen molar-refractivity contribution in [2.24, 2.45) is 0 Å². The van der Waals surface area contributed by atoms with Gasteiger partial charge in [-0.15, -0.1) is 0 Å². The lowest BCUT2D eigenvalue weighted by molar-refractivity contribution is -0.0864. The van der Waals surface area contributed by atoms with Gasteiger partial charge in [0.2, 0.25) is 0 Å². The first-order valence-corrected chi connectivity index (χ1v) is 17.0. The van der Waals surface area contributed by atoms with Gasteiger partial charge in [-0.2, -0.15) is 0 Å². The van der Waals surface area contributed by atoms with E-state index in [0.29, 0.717) is 0 Å². The molecule has 0 saturated carbocycles. The summed E-state index contributed by atoms with van der Waals surface area (Å²) in [4.78, 5) is 105. The molecule has 0 unspecified atom stereocenters. The number of carbonyl (C=O) groups is 2. The van der Waals surface area contributed by atoms with E-state index in [1.165, 1.54) is 39.4 Å². The van der Waals surface area contributed by atoms with Crippen molar-refractivity contribution in [3.05, 3.63) is 97.8 Å². The summed E-state index contributed by atoms with van der Waals surface area (Å²) < 4.78 is 41.8. The molecule has 0 aromatic carbocycles. The van der Waals surface area contributed by atoms with Crippen LogP contribution in [0.3, 0.4) is 0 Å². The molecule has 0 spiro atoms. The van der Waals surface area contributed by atoms with Crippen molar-refractivity contribution >= 4 is 12.3 Å². The fourth-order valence-electron chi connectivity index (χ4n) is 6.36. The minimum absolute atomic E-state index is 0.0620. The maximum Gasteiger partial charge on any atom is 0.508 e. The van der Waals surface area contributed by atoms with E-state index in [1.807, 2.05) is 0 Å². The summed E-state index contributed by atoms with van der Waals surface area (Å²) in [6, 6.07) is 0. The van der Waals surface area contributed by atoms with Gasteiger partial charge in [0.25, 0.3) is 16.7 Å². The van der Waals surface area contributed by atoms with Crippen molar-refractivity contribution in [2.75, 3.05) is 19.8 Å². The summed E-state index contributed by atoms with van der Waals surface area (Å²) in [7, 11) is 0. The molecule has 0 bridgehead atoms. The van der Waals surface area contributed by atoms with Crippen molar-refractivity contribution in [1.82, 2.24) is 28.7 Å². The van der Waals surface area contributed by atoms with Crippen molar-refractivity contribution in [3.8, 4) is 0 Å². The van der Waals surface area contributed by atoms with Crippen LogP contribution in [0.1, 0.15) is 54.6 Å². The Morgan fingerprint density at radius 2 is 1.00 bits per heavy atom. The SMILES string of the molecule is Cc1cn([C@H]2C[C@H](OC(=O)OC[C@H]3O[C@@H](n4cc(C)c(=O)[nH]c4=O)C[C@@H]3OC(=O)OC[C@H]3O[C@@H](n4cc(C)c(=O)[nH]c4=O)C[C@@H]3O)[C@@H](CO)O2)c(=O)[nH]c1=O. The number of carbonyl (C=O) groups excluding carboxylic acids is 2. The number of hydrogen-bond donors (Lipinski definition) is 5. The molecule has 3 aliphatic heterocycles. The second-order valence-corrected chi connectivity index (χ2v) is 13.2. The van der Waals surface area contributed by atoms with Gasteiger partial charge >= 0.3 is 29.4 Å². The monoisotopic (exact) mass is 778 g/mol. The van der Waals surface area contributed by atoms with Crippen LogP contribution in [0.5, 0.6) is 0 Å². The van der Waals surface area contributed by atoms with Gasteiger partial charge < -0.3 is 43.4 Å². The number of aromatic nitrogens is 6. The van der Waals surface area contributed by atoms with Gasteiger partial charge in [0.05, 0.1) is 12.7 Å². The fourth-order valence-corrected chi connectivity index (χ4v) is 6.36. The maximum absolute atomic E-state index is 12.9. The van der Waals surface area contributed by atoms with Crippen LogP contribution in [0, 0.1) is 20.8 Å². The smallest absolute Gasteiger partial charge is 0.431 e. The third-order valence-electron chi connectivity index (χ3n) is 9.34. The Kier molecular flexibility index (Phi) is 11.4. The topological polar surface area (TPSA) is 304 Å². The van der Waals surface area contributed by atoms with Crippen LogP contribution in [0.2, 0.25) is 0 Å². The van der Waals surface area contributed by atoms with E-state index in [4.69, 9.17) is 33.2 Å². The molecule has 0 amide bonds. The number of H-pyrrole nitrogens is 3. The molecule has 55 heavy (non-hydrogen) atoms. The predicted molar refractivity (Wildman–Crippen MR) is 179 cm³/mol. The number of rotatable bonds is 10. The molecular weight excluding hydrogens is 740 g/mol. The van der Waals surface area contributed by atoms with Crippen LogP contribution in [-0.4, -0.2) is 108 Å². The van der Waals surface area contributed by atoms with Gasteiger partial charge in [-0.25, -0.2) is 24.0 Å². The molecule has 6 heterocycles. The van der Waals surface area contributed by atoms with E-state index in [0.717, 1.165) is 13.7 Å². The summed E-state index contributed by atoms with van der Waals surface area (Å²) in [6.45, 7) is 2.71. The molecule has 3 fully saturated rings. The molecule has 298 valence electrons. The van der Waals surface area contributed by atoms with Crippen molar-refractivity contribution in [1.29, 1.82) is 0 Å². The number of hydrogen-bond acceptors (Lipinski definition) is 17. The average Bonchev–Trinajstić information content (AvgIpc) is 3.83. The van der Waals surface area contributed by atoms with E-state index < -0.39 is 121 Å². The highest BCUT2D eigenvalue weighted by atomic mass is 16.8. The molecule has 9 atom stereocenters. The van der Waals surface area contributed by atoms with Gasteiger partial charge in [-0.3, -0.25) is 43.0 Å².